The third kappa shape index (κ3) is 2.62. The predicted molar refractivity (Wildman–Crippen MR) is 95.8 cm³/mol. The predicted octanol–water partition coefficient (Wildman–Crippen LogP) is 3.82. The van der Waals surface area contributed by atoms with Crippen LogP contribution in [0.3, 0.4) is 0 Å². The Morgan fingerprint density at radius 2 is 2.00 bits per heavy atom. The molecule has 0 aromatic heterocycles. The number of benzene rings is 1. The van der Waals surface area contributed by atoms with Gasteiger partial charge in [-0.15, -0.1) is 0 Å². The summed E-state index contributed by atoms with van der Waals surface area (Å²) in [4.78, 5) is 22.6. The highest BCUT2D eigenvalue weighted by molar-refractivity contribution is 5.81. The lowest BCUT2D eigenvalue weighted by molar-refractivity contribution is -0.150. The molecule has 1 aliphatic heterocycles. The number of hydrogen-bond donors (Lipinski definition) is 0. The average molecular weight is 354 g/mol. The Morgan fingerprint density at radius 1 is 1.19 bits per heavy atom. The monoisotopic (exact) mass is 354 g/mol. The molecular formula is C21H22O5. The third-order valence-electron chi connectivity index (χ3n) is 5.67. The molecule has 2 atom stereocenters. The quantitative estimate of drug-likeness (QED) is 0.597. The van der Waals surface area contributed by atoms with E-state index in [1.54, 1.807) is 12.1 Å². The molecule has 0 bridgehead atoms. The van der Waals surface area contributed by atoms with Gasteiger partial charge in [-0.05, 0) is 41.7 Å². The fraction of sp³-hybridized carbons (Fsp3) is 0.429. The van der Waals surface area contributed by atoms with Gasteiger partial charge >= 0.3 is 11.9 Å². The third-order valence-corrected chi connectivity index (χ3v) is 5.67. The van der Waals surface area contributed by atoms with E-state index in [-0.39, 0.29) is 23.5 Å². The minimum atomic E-state index is -0.346. The summed E-state index contributed by atoms with van der Waals surface area (Å²) in [6, 6.07) is 5.54. The summed E-state index contributed by atoms with van der Waals surface area (Å²) < 4.78 is 16.7. The fourth-order valence-corrected chi connectivity index (χ4v) is 4.44. The maximum absolute atomic E-state index is 11.5. The lowest BCUT2D eigenvalue weighted by Gasteiger charge is -2.41. The van der Waals surface area contributed by atoms with Crippen LogP contribution in [-0.4, -0.2) is 24.6 Å². The van der Waals surface area contributed by atoms with Gasteiger partial charge < -0.3 is 14.2 Å². The molecular weight excluding hydrogens is 332 g/mol. The first kappa shape index (κ1) is 16.9. The minimum absolute atomic E-state index is 0.100. The van der Waals surface area contributed by atoms with Crippen LogP contribution in [0.5, 0.6) is 11.5 Å². The summed E-state index contributed by atoms with van der Waals surface area (Å²) in [7, 11) is 0. The summed E-state index contributed by atoms with van der Waals surface area (Å²) in [5.41, 5.74) is 4.65. The van der Waals surface area contributed by atoms with Crippen LogP contribution in [0, 0.1) is 5.41 Å². The first-order valence-electron chi connectivity index (χ1n) is 8.94. The summed E-state index contributed by atoms with van der Waals surface area (Å²) in [5.74, 6) is 0.674. The van der Waals surface area contributed by atoms with E-state index in [1.807, 2.05) is 6.07 Å². The van der Waals surface area contributed by atoms with Crippen LogP contribution in [0.4, 0.5) is 0 Å². The molecule has 5 heteroatoms. The van der Waals surface area contributed by atoms with Crippen molar-refractivity contribution < 1.29 is 23.8 Å². The molecule has 0 amide bonds. The highest BCUT2D eigenvalue weighted by Gasteiger charge is 2.48. The molecule has 1 heterocycles. The summed E-state index contributed by atoms with van der Waals surface area (Å²) in [6.45, 7) is 5.52. The van der Waals surface area contributed by atoms with Crippen molar-refractivity contribution in [2.24, 2.45) is 5.41 Å². The molecule has 3 aliphatic rings. The van der Waals surface area contributed by atoms with Crippen molar-refractivity contribution in [2.45, 2.75) is 46.1 Å². The van der Waals surface area contributed by atoms with Crippen LogP contribution in [0.2, 0.25) is 0 Å². The van der Waals surface area contributed by atoms with Gasteiger partial charge in [0, 0.05) is 37.3 Å². The van der Waals surface area contributed by atoms with Crippen LogP contribution in [0.15, 0.2) is 35.4 Å². The molecule has 136 valence electrons. The second kappa shape index (κ2) is 6.01. The second-order valence-electron chi connectivity index (χ2n) is 7.37. The number of allylic oxidation sites excluding steroid dienone is 1. The van der Waals surface area contributed by atoms with E-state index in [0.29, 0.717) is 12.4 Å². The number of esters is 2. The Morgan fingerprint density at radius 3 is 2.73 bits per heavy atom. The van der Waals surface area contributed by atoms with E-state index in [4.69, 9.17) is 14.2 Å². The second-order valence-corrected chi connectivity index (χ2v) is 7.37. The van der Waals surface area contributed by atoms with E-state index >= 15 is 0 Å². The van der Waals surface area contributed by atoms with Crippen molar-refractivity contribution in [2.75, 3.05) is 6.61 Å². The smallest absolute Gasteiger partial charge is 0.308 e. The van der Waals surface area contributed by atoms with Crippen molar-refractivity contribution >= 4 is 17.5 Å². The fourth-order valence-electron chi connectivity index (χ4n) is 4.44. The molecule has 0 N–H and O–H groups in total. The Balaban J connectivity index is 1.69. The van der Waals surface area contributed by atoms with Crippen molar-refractivity contribution in [3.8, 4) is 11.5 Å². The largest absolute Gasteiger partial charge is 0.488 e. The molecule has 1 aromatic carbocycles. The number of carbonyl (C=O) groups is 2. The first-order valence-corrected chi connectivity index (χ1v) is 8.94. The molecule has 0 fully saturated rings. The Labute approximate surface area is 152 Å². The Bertz CT molecular complexity index is 863. The van der Waals surface area contributed by atoms with Crippen LogP contribution in [0.25, 0.3) is 5.57 Å². The van der Waals surface area contributed by atoms with Crippen LogP contribution in [-0.2, 0) is 14.3 Å². The van der Waals surface area contributed by atoms with Gasteiger partial charge in [0.05, 0.1) is 0 Å². The highest BCUT2D eigenvalue weighted by atomic mass is 16.5. The van der Waals surface area contributed by atoms with Crippen molar-refractivity contribution in [1.29, 1.82) is 0 Å². The normalized spacial score (nSPS) is 26.1. The van der Waals surface area contributed by atoms with Crippen molar-refractivity contribution in [3.63, 3.8) is 0 Å². The SMILES string of the molecule is CC(=O)Oc1ccc2c(c1)OCC1=C2CC[C@@]2(C)C1=CC[C@@H]2OC(C)=O. The zero-order valence-electron chi connectivity index (χ0n) is 15.3. The van der Waals surface area contributed by atoms with E-state index in [0.717, 1.165) is 30.6 Å². The summed E-state index contributed by atoms with van der Waals surface area (Å²) in [5, 5.41) is 0. The molecule has 0 radical (unpaired) electrons. The van der Waals surface area contributed by atoms with E-state index in [1.165, 1.54) is 30.6 Å². The van der Waals surface area contributed by atoms with Crippen LogP contribution in [0.1, 0.15) is 45.6 Å². The van der Waals surface area contributed by atoms with Gasteiger partial charge in [0.2, 0.25) is 0 Å². The maximum atomic E-state index is 11.5. The molecule has 2 aliphatic carbocycles. The number of carbonyl (C=O) groups excluding carboxylic acids is 2. The number of fused-ring (bicyclic) bond motifs is 4. The van der Waals surface area contributed by atoms with Crippen LogP contribution >= 0.6 is 0 Å². The van der Waals surface area contributed by atoms with Gasteiger partial charge in [-0.3, -0.25) is 9.59 Å². The Kier molecular flexibility index (Phi) is 3.90. The lowest BCUT2D eigenvalue weighted by Crippen LogP contribution is -2.37. The first-order chi connectivity index (χ1) is 12.4. The van der Waals surface area contributed by atoms with E-state index < -0.39 is 0 Å². The van der Waals surface area contributed by atoms with Gasteiger partial charge in [-0.2, -0.15) is 0 Å². The highest BCUT2D eigenvalue weighted by Crippen LogP contribution is 2.55. The molecule has 5 nitrogen and oxygen atoms in total. The Hall–Kier alpha value is -2.56. The van der Waals surface area contributed by atoms with Gasteiger partial charge in [-0.1, -0.05) is 13.0 Å². The molecule has 1 aromatic rings. The molecule has 0 spiro atoms. The van der Waals surface area contributed by atoms with E-state index in [2.05, 4.69) is 13.0 Å². The van der Waals surface area contributed by atoms with Crippen LogP contribution < -0.4 is 9.47 Å². The van der Waals surface area contributed by atoms with E-state index in [9.17, 15) is 9.59 Å². The standard InChI is InChI=1S/C21H22O5/c1-12(22)25-14-4-5-16-15-8-9-21(3)18(6-7-20(21)26-13(2)23)17(15)11-24-19(16)10-14/h4-6,10,20H,7-9,11H2,1-3H3/t20-,21-/m0/s1. The van der Waals surface area contributed by atoms with Crippen molar-refractivity contribution in [1.82, 2.24) is 0 Å². The zero-order chi connectivity index (χ0) is 18.5. The molecule has 0 saturated carbocycles. The number of rotatable bonds is 2. The van der Waals surface area contributed by atoms with Gasteiger partial charge in [0.1, 0.15) is 24.2 Å². The van der Waals surface area contributed by atoms with Gasteiger partial charge in [-0.25, -0.2) is 0 Å². The molecule has 0 saturated heterocycles. The maximum Gasteiger partial charge on any atom is 0.308 e. The molecule has 0 unspecified atom stereocenters. The number of ether oxygens (including phenoxy) is 3. The minimum Gasteiger partial charge on any atom is -0.488 e. The van der Waals surface area contributed by atoms with Crippen molar-refractivity contribution in [3.05, 3.63) is 41.0 Å². The summed E-state index contributed by atoms with van der Waals surface area (Å²) >= 11 is 0. The summed E-state index contributed by atoms with van der Waals surface area (Å²) in [6.07, 6.45) is 4.69. The zero-order valence-corrected chi connectivity index (χ0v) is 15.3. The topological polar surface area (TPSA) is 61.8 Å². The lowest BCUT2D eigenvalue weighted by atomic mass is 9.67. The molecule has 4 rings (SSSR count). The van der Waals surface area contributed by atoms with Gasteiger partial charge in [0.25, 0.3) is 0 Å². The average Bonchev–Trinajstić information content (AvgIpc) is 2.90. The van der Waals surface area contributed by atoms with Gasteiger partial charge in [0.15, 0.2) is 0 Å². The number of hydrogen-bond acceptors (Lipinski definition) is 5. The molecule has 26 heavy (non-hydrogen) atoms.